The van der Waals surface area contributed by atoms with Gasteiger partial charge in [-0.05, 0) is 24.6 Å². The highest BCUT2D eigenvalue weighted by Crippen LogP contribution is 2.35. The van der Waals surface area contributed by atoms with Gasteiger partial charge in [0.25, 0.3) is 5.69 Å². The van der Waals surface area contributed by atoms with Gasteiger partial charge >= 0.3 is 5.97 Å². The van der Waals surface area contributed by atoms with Crippen LogP contribution in [0, 0.1) is 17.0 Å². The second-order valence-corrected chi connectivity index (χ2v) is 4.64. The molecule has 1 N–H and O–H groups in total. The maximum absolute atomic E-state index is 11.2. The zero-order valence-electron chi connectivity index (χ0n) is 10.9. The lowest BCUT2D eigenvalue weighted by Gasteiger charge is -2.12. The van der Waals surface area contributed by atoms with Crippen molar-refractivity contribution in [2.75, 3.05) is 0 Å². The molecule has 6 nitrogen and oxygen atoms in total. The van der Waals surface area contributed by atoms with Gasteiger partial charge in [-0.25, -0.2) is 4.79 Å². The Hall–Kier alpha value is -2.60. The number of aryl methyl sites for hydroxylation is 1. The van der Waals surface area contributed by atoms with E-state index in [1.165, 1.54) is 18.2 Å². The van der Waals surface area contributed by atoms with Crippen molar-refractivity contribution in [2.45, 2.75) is 6.92 Å². The number of carboxylic acid groups (broad SMARTS) is 1. The summed E-state index contributed by atoms with van der Waals surface area (Å²) in [4.78, 5) is 21.4. The number of non-ortho nitro benzene ring substituents is 1. The summed E-state index contributed by atoms with van der Waals surface area (Å²) < 4.78 is 5.51. The van der Waals surface area contributed by atoms with Gasteiger partial charge in [0, 0.05) is 6.07 Å². The molecule has 0 fully saturated rings. The molecular weight excluding hydrogens is 298 g/mol. The number of para-hydroxylation sites is 1. The quantitative estimate of drug-likeness (QED) is 0.680. The van der Waals surface area contributed by atoms with Crippen LogP contribution >= 0.6 is 11.6 Å². The van der Waals surface area contributed by atoms with Crippen LogP contribution in [0.2, 0.25) is 5.02 Å². The summed E-state index contributed by atoms with van der Waals surface area (Å²) in [6.45, 7) is 1.67. The Balaban J connectivity index is 2.50. The largest absolute Gasteiger partial charge is 0.478 e. The van der Waals surface area contributed by atoms with E-state index in [2.05, 4.69) is 0 Å². The number of nitrogens with zero attached hydrogens (tertiary/aromatic N) is 1. The highest BCUT2D eigenvalue weighted by molar-refractivity contribution is 6.32. The molecule has 0 atom stereocenters. The topological polar surface area (TPSA) is 89.7 Å². The van der Waals surface area contributed by atoms with Gasteiger partial charge in [-0.3, -0.25) is 10.1 Å². The lowest BCUT2D eigenvalue weighted by atomic mass is 10.1. The number of nitro benzene ring substituents is 1. The molecule has 0 radical (unpaired) electrons. The summed E-state index contributed by atoms with van der Waals surface area (Å²) in [5.74, 6) is -1.02. The van der Waals surface area contributed by atoms with Crippen molar-refractivity contribution >= 4 is 23.3 Å². The van der Waals surface area contributed by atoms with E-state index >= 15 is 0 Å². The lowest BCUT2D eigenvalue weighted by Crippen LogP contribution is -2.02. The Bertz CT molecular complexity index is 729. The molecule has 0 spiro atoms. The maximum Gasteiger partial charge on any atom is 0.339 e. The molecule has 7 heteroatoms. The van der Waals surface area contributed by atoms with E-state index < -0.39 is 10.9 Å². The van der Waals surface area contributed by atoms with Gasteiger partial charge in [-0.1, -0.05) is 23.7 Å². The Morgan fingerprint density at radius 1 is 1.33 bits per heavy atom. The Morgan fingerprint density at radius 2 is 2.05 bits per heavy atom. The van der Waals surface area contributed by atoms with Crippen LogP contribution in [0.15, 0.2) is 36.4 Å². The smallest absolute Gasteiger partial charge is 0.339 e. The van der Waals surface area contributed by atoms with Gasteiger partial charge in [0.1, 0.15) is 11.3 Å². The summed E-state index contributed by atoms with van der Waals surface area (Å²) in [6.07, 6.45) is 0. The van der Waals surface area contributed by atoms with Crippen LogP contribution in [0.4, 0.5) is 5.69 Å². The lowest BCUT2D eigenvalue weighted by molar-refractivity contribution is -0.384. The molecule has 0 aliphatic carbocycles. The average molecular weight is 308 g/mol. The number of hydrogen-bond donors (Lipinski definition) is 1. The van der Waals surface area contributed by atoms with E-state index in [1.54, 1.807) is 19.1 Å². The molecule has 2 aromatic carbocycles. The van der Waals surface area contributed by atoms with Crippen molar-refractivity contribution in [2.24, 2.45) is 0 Å². The summed E-state index contributed by atoms with van der Waals surface area (Å²) in [6, 6.07) is 8.36. The predicted molar refractivity (Wildman–Crippen MR) is 76.3 cm³/mol. The number of carboxylic acids is 1. The maximum atomic E-state index is 11.2. The number of halogens is 1. The number of ether oxygens (including phenoxy) is 1. The first-order valence-corrected chi connectivity index (χ1v) is 6.22. The minimum Gasteiger partial charge on any atom is -0.478 e. The fourth-order valence-corrected chi connectivity index (χ4v) is 1.91. The zero-order valence-corrected chi connectivity index (χ0v) is 11.6. The molecule has 0 aliphatic rings. The number of hydrogen-bond acceptors (Lipinski definition) is 4. The molecule has 0 bridgehead atoms. The molecule has 0 saturated heterocycles. The number of nitro groups is 1. The summed E-state index contributed by atoms with van der Waals surface area (Å²) in [7, 11) is 0. The highest BCUT2D eigenvalue weighted by Gasteiger charge is 2.17. The third-order valence-corrected chi connectivity index (χ3v) is 3.09. The molecule has 0 amide bonds. The van der Waals surface area contributed by atoms with Crippen LogP contribution in [0.1, 0.15) is 15.9 Å². The van der Waals surface area contributed by atoms with E-state index in [1.807, 2.05) is 0 Å². The minimum absolute atomic E-state index is 0.0302. The van der Waals surface area contributed by atoms with Crippen molar-refractivity contribution in [1.82, 2.24) is 0 Å². The summed E-state index contributed by atoms with van der Waals surface area (Å²) >= 11 is 5.94. The molecule has 0 aliphatic heterocycles. The Kier molecular flexibility index (Phi) is 4.09. The van der Waals surface area contributed by atoms with Gasteiger partial charge in [0.15, 0.2) is 5.75 Å². The van der Waals surface area contributed by atoms with Gasteiger partial charge in [-0.2, -0.15) is 0 Å². The van der Waals surface area contributed by atoms with Crippen molar-refractivity contribution in [3.63, 3.8) is 0 Å². The van der Waals surface area contributed by atoms with Crippen LogP contribution < -0.4 is 4.74 Å². The predicted octanol–water partition coefficient (Wildman–Crippen LogP) is 4.05. The molecule has 2 rings (SSSR count). The fraction of sp³-hybridized carbons (Fsp3) is 0.0714. The molecular formula is C14H10ClNO5. The molecule has 2 aromatic rings. The monoisotopic (exact) mass is 307 g/mol. The van der Waals surface area contributed by atoms with Crippen molar-refractivity contribution in [3.8, 4) is 11.5 Å². The van der Waals surface area contributed by atoms with E-state index in [0.29, 0.717) is 5.56 Å². The van der Waals surface area contributed by atoms with E-state index in [0.717, 1.165) is 6.07 Å². The van der Waals surface area contributed by atoms with Gasteiger partial charge in [0.05, 0.1) is 16.0 Å². The van der Waals surface area contributed by atoms with Crippen LogP contribution in [-0.2, 0) is 0 Å². The normalized spacial score (nSPS) is 10.2. The van der Waals surface area contributed by atoms with Gasteiger partial charge in [-0.15, -0.1) is 0 Å². The zero-order chi connectivity index (χ0) is 15.6. The SMILES string of the molecule is Cc1cccc(C(=O)O)c1Oc1cc([N+](=O)[O-])ccc1Cl. The third kappa shape index (κ3) is 3.11. The Labute approximate surface area is 124 Å². The molecule has 108 valence electrons. The van der Waals surface area contributed by atoms with Crippen LogP contribution in [0.5, 0.6) is 11.5 Å². The average Bonchev–Trinajstić information content (AvgIpc) is 2.42. The van der Waals surface area contributed by atoms with E-state index in [4.69, 9.17) is 21.4 Å². The number of carbonyl (C=O) groups is 1. The highest BCUT2D eigenvalue weighted by atomic mass is 35.5. The first-order valence-electron chi connectivity index (χ1n) is 5.85. The fourth-order valence-electron chi connectivity index (χ4n) is 1.75. The number of aromatic carboxylic acids is 1. The second-order valence-electron chi connectivity index (χ2n) is 4.23. The first-order chi connectivity index (χ1) is 9.90. The molecule has 21 heavy (non-hydrogen) atoms. The number of rotatable bonds is 4. The second kappa shape index (κ2) is 5.80. The minimum atomic E-state index is -1.16. The number of benzene rings is 2. The van der Waals surface area contributed by atoms with Crippen LogP contribution in [0.3, 0.4) is 0 Å². The van der Waals surface area contributed by atoms with Gasteiger partial charge in [0.2, 0.25) is 0 Å². The van der Waals surface area contributed by atoms with Crippen molar-refractivity contribution < 1.29 is 19.6 Å². The summed E-state index contributed by atoms with van der Waals surface area (Å²) in [5, 5.41) is 20.1. The Morgan fingerprint density at radius 3 is 2.67 bits per heavy atom. The third-order valence-electron chi connectivity index (χ3n) is 2.78. The van der Waals surface area contributed by atoms with E-state index in [9.17, 15) is 14.9 Å². The van der Waals surface area contributed by atoms with Crippen LogP contribution in [0.25, 0.3) is 0 Å². The van der Waals surface area contributed by atoms with E-state index in [-0.39, 0.29) is 27.8 Å². The van der Waals surface area contributed by atoms with Gasteiger partial charge < -0.3 is 9.84 Å². The van der Waals surface area contributed by atoms with Crippen LogP contribution in [-0.4, -0.2) is 16.0 Å². The molecule has 0 aromatic heterocycles. The molecule has 0 heterocycles. The standard InChI is InChI=1S/C14H10ClNO5/c1-8-3-2-4-10(14(17)18)13(8)21-12-7-9(16(19)20)5-6-11(12)15/h2-7H,1H3,(H,17,18). The molecule has 0 unspecified atom stereocenters. The summed E-state index contributed by atoms with van der Waals surface area (Å²) in [5.41, 5.74) is 0.343. The first kappa shape index (κ1) is 14.8. The molecule has 0 saturated carbocycles. The van der Waals surface area contributed by atoms with Crippen molar-refractivity contribution in [1.29, 1.82) is 0 Å². The van der Waals surface area contributed by atoms with Crippen molar-refractivity contribution in [3.05, 3.63) is 62.7 Å².